The summed E-state index contributed by atoms with van der Waals surface area (Å²) in [7, 11) is 0. The Morgan fingerprint density at radius 2 is 2.33 bits per heavy atom. The first-order valence-corrected chi connectivity index (χ1v) is 5.55. The number of thiazole rings is 1. The minimum Gasteiger partial charge on any atom is -0.282 e. The van der Waals surface area contributed by atoms with Crippen LogP contribution in [0.5, 0.6) is 0 Å². The second-order valence-corrected chi connectivity index (χ2v) is 5.41. The molecule has 0 radical (unpaired) electrons. The van der Waals surface area contributed by atoms with Crippen molar-refractivity contribution in [3.8, 4) is 0 Å². The van der Waals surface area contributed by atoms with Gasteiger partial charge in [0.1, 0.15) is 0 Å². The van der Waals surface area contributed by atoms with Crippen LogP contribution in [0, 0.1) is 6.92 Å². The van der Waals surface area contributed by atoms with Gasteiger partial charge in [-0.15, -0.1) is 23.1 Å². The predicted molar refractivity (Wildman–Crippen MR) is 55.2 cm³/mol. The molecule has 0 N–H and O–H groups in total. The highest BCUT2D eigenvalue weighted by Gasteiger charge is 2.20. The maximum Gasteiger partial charge on any atom is 0.0897 e. The summed E-state index contributed by atoms with van der Waals surface area (Å²) in [5.74, 6) is 0. The molecule has 0 aromatic carbocycles. The molecule has 12 heavy (non-hydrogen) atoms. The number of nitrogens with zero attached hydrogens (tertiary/aromatic N) is 2. The molecule has 0 aliphatic carbocycles. The number of aryl methyl sites for hydroxylation is 1. The van der Waals surface area contributed by atoms with E-state index in [2.05, 4.69) is 16.9 Å². The average molecular weight is 198 g/mol. The quantitative estimate of drug-likeness (QED) is 0.693. The zero-order chi connectivity index (χ0) is 8.55. The monoisotopic (exact) mass is 198 g/mol. The zero-order valence-corrected chi connectivity index (χ0v) is 8.71. The van der Waals surface area contributed by atoms with Crippen molar-refractivity contribution in [3.63, 3.8) is 0 Å². The summed E-state index contributed by atoms with van der Waals surface area (Å²) in [5.41, 5.74) is 0. The molecule has 4 heteroatoms. The highest BCUT2D eigenvalue weighted by molar-refractivity contribution is 8.14. The van der Waals surface area contributed by atoms with Crippen molar-refractivity contribution in [2.24, 2.45) is 4.99 Å². The van der Waals surface area contributed by atoms with Gasteiger partial charge in [-0.3, -0.25) is 4.99 Å². The fourth-order valence-corrected chi connectivity index (χ4v) is 3.10. The maximum absolute atomic E-state index is 4.36. The molecule has 1 unspecified atom stereocenters. The summed E-state index contributed by atoms with van der Waals surface area (Å²) in [6.07, 6.45) is 1.98. The number of hydrogen-bond acceptors (Lipinski definition) is 4. The van der Waals surface area contributed by atoms with Crippen molar-refractivity contribution in [2.45, 2.75) is 19.1 Å². The van der Waals surface area contributed by atoms with E-state index in [1.165, 1.54) is 9.92 Å². The Morgan fingerprint density at radius 3 is 2.83 bits per heavy atom. The molecule has 0 fully saturated rings. The predicted octanol–water partition coefficient (Wildman–Crippen LogP) is 2.66. The van der Waals surface area contributed by atoms with Crippen LogP contribution in [0.25, 0.3) is 0 Å². The Bertz CT molecular complexity index is 317. The van der Waals surface area contributed by atoms with Gasteiger partial charge >= 0.3 is 0 Å². The first-order chi connectivity index (χ1) is 5.75. The smallest absolute Gasteiger partial charge is 0.0897 e. The molecule has 64 valence electrons. The van der Waals surface area contributed by atoms with Crippen LogP contribution >= 0.6 is 23.1 Å². The van der Waals surface area contributed by atoms with Gasteiger partial charge in [-0.2, -0.15) is 0 Å². The van der Waals surface area contributed by atoms with E-state index < -0.39 is 0 Å². The Balaban J connectivity index is 2.13. The summed E-state index contributed by atoms with van der Waals surface area (Å²) in [6.45, 7) is 5.04. The number of hydrogen-bond donors (Lipinski definition) is 0. The second kappa shape index (κ2) is 3.18. The van der Waals surface area contributed by atoms with Gasteiger partial charge < -0.3 is 0 Å². The van der Waals surface area contributed by atoms with Crippen molar-refractivity contribution < 1.29 is 0 Å². The minimum absolute atomic E-state index is 0.538. The standard InChI is InChI=1S/C8H10N2S2/c1-5-9-3-7(11-5)8-4-10-6(2)12-8/h3,8H,4H2,1-2H3. The zero-order valence-electron chi connectivity index (χ0n) is 7.07. The Labute approximate surface area is 80.1 Å². The van der Waals surface area contributed by atoms with Gasteiger partial charge in [0, 0.05) is 11.1 Å². The fraction of sp³-hybridized carbons (Fsp3) is 0.500. The van der Waals surface area contributed by atoms with Crippen LogP contribution in [-0.2, 0) is 0 Å². The van der Waals surface area contributed by atoms with Gasteiger partial charge in [0.15, 0.2) is 0 Å². The van der Waals surface area contributed by atoms with Crippen LogP contribution in [0.3, 0.4) is 0 Å². The normalized spacial score (nSPS) is 22.8. The summed E-state index contributed by atoms with van der Waals surface area (Å²) >= 11 is 3.63. The molecule has 0 spiro atoms. The largest absolute Gasteiger partial charge is 0.282 e. The van der Waals surface area contributed by atoms with Crippen molar-refractivity contribution in [1.29, 1.82) is 0 Å². The van der Waals surface area contributed by atoms with E-state index in [9.17, 15) is 0 Å². The molecule has 1 aromatic rings. The SMILES string of the molecule is CC1=NCC(c2cnc(C)s2)S1. The topological polar surface area (TPSA) is 25.2 Å². The Hall–Kier alpha value is -0.350. The Kier molecular flexibility index (Phi) is 2.19. The van der Waals surface area contributed by atoms with Crippen LogP contribution in [0.1, 0.15) is 22.1 Å². The first kappa shape index (κ1) is 8.26. The van der Waals surface area contributed by atoms with Crippen LogP contribution < -0.4 is 0 Å². The highest BCUT2D eigenvalue weighted by atomic mass is 32.2. The van der Waals surface area contributed by atoms with Gasteiger partial charge in [0.2, 0.25) is 0 Å². The van der Waals surface area contributed by atoms with Crippen LogP contribution in [0.2, 0.25) is 0 Å². The maximum atomic E-state index is 4.36. The molecule has 0 saturated heterocycles. The van der Waals surface area contributed by atoms with Crippen LogP contribution in [0.15, 0.2) is 11.2 Å². The average Bonchev–Trinajstić information content (AvgIpc) is 2.58. The summed E-state index contributed by atoms with van der Waals surface area (Å²) in [6, 6.07) is 0. The summed E-state index contributed by atoms with van der Waals surface area (Å²) in [4.78, 5) is 9.96. The van der Waals surface area contributed by atoms with E-state index in [-0.39, 0.29) is 0 Å². The first-order valence-electron chi connectivity index (χ1n) is 3.86. The number of thioether (sulfide) groups is 1. The molecule has 1 aliphatic heterocycles. The highest BCUT2D eigenvalue weighted by Crippen LogP contribution is 2.37. The fourth-order valence-electron chi connectivity index (χ4n) is 1.17. The molecule has 1 atom stereocenters. The van der Waals surface area contributed by atoms with E-state index >= 15 is 0 Å². The van der Waals surface area contributed by atoms with Crippen molar-refractivity contribution in [2.75, 3.05) is 6.54 Å². The van der Waals surface area contributed by atoms with Crippen molar-refractivity contribution in [3.05, 3.63) is 16.1 Å². The molecule has 2 rings (SSSR count). The summed E-state index contributed by atoms with van der Waals surface area (Å²) < 4.78 is 0. The lowest BCUT2D eigenvalue weighted by Crippen LogP contribution is -1.89. The van der Waals surface area contributed by atoms with E-state index in [0.717, 1.165) is 11.6 Å². The third kappa shape index (κ3) is 1.54. The summed E-state index contributed by atoms with van der Waals surface area (Å²) in [5, 5.41) is 2.89. The molecule has 2 heterocycles. The number of aromatic nitrogens is 1. The number of aliphatic imine (C=N–C) groups is 1. The lowest BCUT2D eigenvalue weighted by atomic mass is 10.4. The van der Waals surface area contributed by atoms with Crippen LogP contribution in [0.4, 0.5) is 0 Å². The lowest BCUT2D eigenvalue weighted by Gasteiger charge is -2.01. The Morgan fingerprint density at radius 1 is 1.50 bits per heavy atom. The molecule has 0 saturated carbocycles. The van der Waals surface area contributed by atoms with Gasteiger partial charge in [-0.1, -0.05) is 0 Å². The van der Waals surface area contributed by atoms with E-state index in [0.29, 0.717) is 5.25 Å². The molecule has 0 bridgehead atoms. The minimum atomic E-state index is 0.538. The lowest BCUT2D eigenvalue weighted by molar-refractivity contribution is 0.981. The van der Waals surface area contributed by atoms with E-state index in [4.69, 9.17) is 0 Å². The second-order valence-electron chi connectivity index (χ2n) is 2.75. The molecule has 1 aromatic heterocycles. The third-order valence-corrected chi connectivity index (χ3v) is 4.08. The van der Waals surface area contributed by atoms with Crippen molar-refractivity contribution in [1.82, 2.24) is 4.98 Å². The third-order valence-electron chi connectivity index (χ3n) is 1.75. The van der Waals surface area contributed by atoms with Gasteiger partial charge in [0.25, 0.3) is 0 Å². The molecule has 0 amide bonds. The number of rotatable bonds is 1. The molecule has 1 aliphatic rings. The van der Waals surface area contributed by atoms with Gasteiger partial charge in [0.05, 0.1) is 21.8 Å². The molecular weight excluding hydrogens is 188 g/mol. The van der Waals surface area contributed by atoms with E-state index in [1.54, 1.807) is 11.3 Å². The molecule has 2 nitrogen and oxygen atoms in total. The van der Waals surface area contributed by atoms with Gasteiger partial charge in [-0.05, 0) is 13.8 Å². The van der Waals surface area contributed by atoms with E-state index in [1.807, 2.05) is 24.9 Å². The van der Waals surface area contributed by atoms with Gasteiger partial charge in [-0.25, -0.2) is 4.98 Å². The van der Waals surface area contributed by atoms with Crippen LogP contribution in [-0.4, -0.2) is 16.6 Å². The molecular formula is C8H10N2S2. The van der Waals surface area contributed by atoms with Crippen molar-refractivity contribution >= 4 is 28.1 Å².